The lowest BCUT2D eigenvalue weighted by atomic mass is 10.2. The summed E-state index contributed by atoms with van der Waals surface area (Å²) in [6.07, 6.45) is 0. The standard InChI is InChI=1S/C11H12BrN3O4/c12-8-2-1-6(13)3-7(8)11(19)15-4-9(16)14-5-10(17)18/h1-3H,4-5,13H2,(H,14,16)(H,15,19)(H,17,18). The first-order valence-corrected chi connectivity index (χ1v) is 6.01. The van der Waals surface area contributed by atoms with E-state index in [1.54, 1.807) is 12.1 Å². The summed E-state index contributed by atoms with van der Waals surface area (Å²) in [7, 11) is 0. The van der Waals surface area contributed by atoms with E-state index in [2.05, 4.69) is 26.6 Å². The third kappa shape index (κ3) is 4.96. The number of nitrogen functional groups attached to an aromatic ring is 1. The minimum atomic E-state index is -1.15. The number of anilines is 1. The number of carbonyl (C=O) groups excluding carboxylic acids is 2. The summed E-state index contributed by atoms with van der Waals surface area (Å²) in [6, 6.07) is 4.71. The van der Waals surface area contributed by atoms with Crippen molar-refractivity contribution in [3.8, 4) is 0 Å². The second kappa shape index (κ2) is 6.74. The molecule has 0 bridgehead atoms. The van der Waals surface area contributed by atoms with Crippen LogP contribution in [-0.2, 0) is 9.59 Å². The fourth-order valence-electron chi connectivity index (χ4n) is 1.21. The van der Waals surface area contributed by atoms with Crippen LogP contribution in [0.5, 0.6) is 0 Å². The molecule has 2 amide bonds. The van der Waals surface area contributed by atoms with E-state index in [0.717, 1.165) is 0 Å². The van der Waals surface area contributed by atoms with E-state index in [1.807, 2.05) is 0 Å². The number of benzene rings is 1. The number of hydrogen-bond acceptors (Lipinski definition) is 4. The average Bonchev–Trinajstić information content (AvgIpc) is 2.36. The summed E-state index contributed by atoms with van der Waals surface area (Å²) >= 11 is 3.19. The maximum atomic E-state index is 11.8. The Morgan fingerprint density at radius 3 is 2.53 bits per heavy atom. The zero-order valence-electron chi connectivity index (χ0n) is 9.77. The van der Waals surface area contributed by atoms with Crippen molar-refractivity contribution in [2.45, 2.75) is 0 Å². The molecule has 0 heterocycles. The Labute approximate surface area is 117 Å². The summed E-state index contributed by atoms with van der Waals surface area (Å²) in [6.45, 7) is -0.802. The van der Waals surface area contributed by atoms with E-state index in [1.165, 1.54) is 6.07 Å². The van der Waals surface area contributed by atoms with Gasteiger partial charge in [-0.15, -0.1) is 0 Å². The van der Waals surface area contributed by atoms with Gasteiger partial charge in [0.1, 0.15) is 6.54 Å². The van der Waals surface area contributed by atoms with Crippen molar-refractivity contribution in [3.05, 3.63) is 28.2 Å². The van der Waals surface area contributed by atoms with Crippen molar-refractivity contribution >= 4 is 39.4 Å². The number of nitrogens with two attached hydrogens (primary N) is 1. The Morgan fingerprint density at radius 2 is 1.89 bits per heavy atom. The van der Waals surface area contributed by atoms with Crippen LogP contribution in [-0.4, -0.2) is 36.0 Å². The molecule has 7 nitrogen and oxygen atoms in total. The van der Waals surface area contributed by atoms with Gasteiger partial charge in [0.05, 0.1) is 12.1 Å². The normalized spacial score (nSPS) is 9.74. The predicted octanol–water partition coefficient (Wildman–Crippen LogP) is -0.0381. The molecule has 0 atom stereocenters. The molecular formula is C11H12BrN3O4. The van der Waals surface area contributed by atoms with Crippen molar-refractivity contribution in [1.29, 1.82) is 0 Å². The fraction of sp³-hybridized carbons (Fsp3) is 0.182. The van der Waals surface area contributed by atoms with Crippen LogP contribution in [0.25, 0.3) is 0 Å². The van der Waals surface area contributed by atoms with Crippen LogP contribution < -0.4 is 16.4 Å². The molecule has 19 heavy (non-hydrogen) atoms. The number of carbonyl (C=O) groups is 3. The van der Waals surface area contributed by atoms with E-state index in [-0.39, 0.29) is 6.54 Å². The molecule has 102 valence electrons. The number of hydrogen-bond donors (Lipinski definition) is 4. The topological polar surface area (TPSA) is 122 Å². The van der Waals surface area contributed by atoms with Gasteiger partial charge in [-0.3, -0.25) is 14.4 Å². The minimum absolute atomic E-state index is 0.297. The summed E-state index contributed by atoms with van der Waals surface area (Å²) in [5.41, 5.74) is 6.27. The Bertz CT molecular complexity index is 519. The van der Waals surface area contributed by atoms with Crippen LogP contribution in [0.15, 0.2) is 22.7 Å². The zero-order valence-corrected chi connectivity index (χ0v) is 11.4. The lowest BCUT2D eigenvalue weighted by molar-refractivity contribution is -0.137. The Kier molecular flexibility index (Phi) is 5.31. The zero-order chi connectivity index (χ0) is 14.4. The molecule has 0 fully saturated rings. The van der Waals surface area contributed by atoms with Crippen molar-refractivity contribution in [2.75, 3.05) is 18.8 Å². The van der Waals surface area contributed by atoms with Crippen LogP contribution >= 0.6 is 15.9 Å². The lowest BCUT2D eigenvalue weighted by Crippen LogP contribution is -2.39. The van der Waals surface area contributed by atoms with Gasteiger partial charge in [-0.2, -0.15) is 0 Å². The Hall–Kier alpha value is -2.09. The predicted molar refractivity (Wildman–Crippen MR) is 71.5 cm³/mol. The molecule has 1 aromatic carbocycles. The van der Waals surface area contributed by atoms with E-state index < -0.39 is 24.3 Å². The highest BCUT2D eigenvalue weighted by Crippen LogP contribution is 2.19. The summed E-state index contributed by atoms with van der Waals surface area (Å²) in [5, 5.41) is 12.8. The first-order valence-electron chi connectivity index (χ1n) is 5.22. The molecule has 0 spiro atoms. The molecule has 0 aliphatic rings. The first-order chi connectivity index (χ1) is 8.90. The largest absolute Gasteiger partial charge is 0.480 e. The molecule has 1 aromatic rings. The third-order valence-corrected chi connectivity index (χ3v) is 2.77. The van der Waals surface area contributed by atoms with Gasteiger partial charge in [-0.05, 0) is 34.1 Å². The molecular weight excluding hydrogens is 318 g/mol. The Balaban J connectivity index is 2.53. The molecule has 0 aliphatic heterocycles. The van der Waals surface area contributed by atoms with Crippen molar-refractivity contribution in [2.24, 2.45) is 0 Å². The van der Waals surface area contributed by atoms with Crippen LogP contribution in [0.4, 0.5) is 5.69 Å². The molecule has 0 saturated carbocycles. The van der Waals surface area contributed by atoms with Gasteiger partial charge < -0.3 is 21.5 Å². The first kappa shape index (κ1) is 15.0. The van der Waals surface area contributed by atoms with E-state index in [0.29, 0.717) is 15.7 Å². The second-order valence-corrected chi connectivity index (χ2v) is 4.45. The monoisotopic (exact) mass is 329 g/mol. The smallest absolute Gasteiger partial charge is 0.322 e. The van der Waals surface area contributed by atoms with Crippen LogP contribution in [0, 0.1) is 0 Å². The molecule has 8 heteroatoms. The molecule has 5 N–H and O–H groups in total. The Morgan fingerprint density at radius 1 is 1.21 bits per heavy atom. The van der Waals surface area contributed by atoms with E-state index in [4.69, 9.17) is 10.8 Å². The SMILES string of the molecule is Nc1ccc(Br)c(C(=O)NCC(=O)NCC(=O)O)c1. The molecule has 0 radical (unpaired) electrons. The molecule has 0 saturated heterocycles. The summed E-state index contributed by atoms with van der Waals surface area (Å²) in [5.74, 6) is -2.22. The fourth-order valence-corrected chi connectivity index (χ4v) is 1.64. The van der Waals surface area contributed by atoms with E-state index >= 15 is 0 Å². The van der Waals surface area contributed by atoms with Gasteiger partial charge in [0.2, 0.25) is 5.91 Å². The highest BCUT2D eigenvalue weighted by atomic mass is 79.9. The van der Waals surface area contributed by atoms with Gasteiger partial charge in [0.25, 0.3) is 5.91 Å². The van der Waals surface area contributed by atoms with Crippen molar-refractivity contribution in [1.82, 2.24) is 10.6 Å². The highest BCUT2D eigenvalue weighted by molar-refractivity contribution is 9.10. The number of carboxylic acid groups (broad SMARTS) is 1. The second-order valence-electron chi connectivity index (χ2n) is 3.59. The average molecular weight is 330 g/mol. The van der Waals surface area contributed by atoms with Crippen molar-refractivity contribution < 1.29 is 19.5 Å². The third-order valence-electron chi connectivity index (χ3n) is 2.08. The van der Waals surface area contributed by atoms with E-state index in [9.17, 15) is 14.4 Å². The van der Waals surface area contributed by atoms with Gasteiger partial charge >= 0.3 is 5.97 Å². The maximum Gasteiger partial charge on any atom is 0.322 e. The molecule has 1 rings (SSSR count). The number of amides is 2. The van der Waals surface area contributed by atoms with Crippen LogP contribution in [0.1, 0.15) is 10.4 Å². The number of nitrogens with one attached hydrogen (secondary N) is 2. The number of aliphatic carboxylic acids is 1. The van der Waals surface area contributed by atoms with Crippen LogP contribution in [0.3, 0.4) is 0 Å². The summed E-state index contributed by atoms with van der Waals surface area (Å²) in [4.78, 5) is 33.2. The van der Waals surface area contributed by atoms with Crippen LogP contribution in [0.2, 0.25) is 0 Å². The summed E-state index contributed by atoms with van der Waals surface area (Å²) < 4.78 is 0.546. The number of rotatable bonds is 5. The van der Waals surface area contributed by atoms with Gasteiger partial charge in [0, 0.05) is 10.2 Å². The number of halogens is 1. The number of carboxylic acids is 1. The minimum Gasteiger partial charge on any atom is -0.480 e. The molecule has 0 unspecified atom stereocenters. The lowest BCUT2D eigenvalue weighted by Gasteiger charge is -2.07. The molecule has 0 aromatic heterocycles. The quantitative estimate of drug-likeness (QED) is 0.565. The van der Waals surface area contributed by atoms with Gasteiger partial charge in [-0.25, -0.2) is 0 Å². The van der Waals surface area contributed by atoms with Gasteiger partial charge in [-0.1, -0.05) is 0 Å². The highest BCUT2D eigenvalue weighted by Gasteiger charge is 2.12. The molecule has 0 aliphatic carbocycles. The van der Waals surface area contributed by atoms with Crippen molar-refractivity contribution in [3.63, 3.8) is 0 Å². The van der Waals surface area contributed by atoms with Gasteiger partial charge in [0.15, 0.2) is 0 Å². The maximum absolute atomic E-state index is 11.8.